The fourth-order valence-corrected chi connectivity index (χ4v) is 3.46. The average molecular weight is 524 g/mol. The van der Waals surface area contributed by atoms with E-state index in [-0.39, 0.29) is 13.2 Å². The zero-order valence-electron chi connectivity index (χ0n) is 23.1. The third-order valence-electron chi connectivity index (χ3n) is 5.00. The Kier molecular flexibility index (Phi) is 10.8. The highest BCUT2D eigenvalue weighted by Gasteiger charge is 2.44. The van der Waals surface area contributed by atoms with Crippen LogP contribution in [0.2, 0.25) is 0 Å². The molecule has 10 heteroatoms. The molecule has 1 aromatic rings. The maximum absolute atomic E-state index is 13.4. The SMILES string of the molecule is CCCOC1COCC(N(C(=O)OC(C)(C)C)C(=O)OC(C)(C)C)C(=O)OC(C)C1Oc1ccccc1. The molecule has 2 amide bonds. The molecule has 208 valence electrons. The zero-order chi connectivity index (χ0) is 27.8. The second-order valence-corrected chi connectivity index (χ2v) is 10.8. The molecule has 10 nitrogen and oxygen atoms in total. The first-order chi connectivity index (χ1) is 17.2. The molecular weight excluding hydrogens is 482 g/mol. The fourth-order valence-electron chi connectivity index (χ4n) is 3.46. The van der Waals surface area contributed by atoms with Crippen molar-refractivity contribution in [2.24, 2.45) is 0 Å². The van der Waals surface area contributed by atoms with E-state index in [9.17, 15) is 14.4 Å². The van der Waals surface area contributed by atoms with Gasteiger partial charge in [0.25, 0.3) is 0 Å². The number of benzene rings is 1. The smallest absolute Gasteiger partial charge is 0.420 e. The third kappa shape index (κ3) is 9.85. The monoisotopic (exact) mass is 523 g/mol. The number of hydrogen-bond acceptors (Lipinski definition) is 9. The first kappa shape index (κ1) is 30.4. The molecule has 0 saturated carbocycles. The van der Waals surface area contributed by atoms with Gasteiger partial charge in [-0.1, -0.05) is 25.1 Å². The summed E-state index contributed by atoms with van der Waals surface area (Å²) in [4.78, 5) is 40.2. The summed E-state index contributed by atoms with van der Waals surface area (Å²) >= 11 is 0. The molecule has 0 bridgehead atoms. The van der Waals surface area contributed by atoms with Crippen LogP contribution in [0.5, 0.6) is 5.75 Å². The second-order valence-electron chi connectivity index (χ2n) is 10.8. The van der Waals surface area contributed by atoms with Gasteiger partial charge in [0.1, 0.15) is 29.2 Å². The molecule has 4 atom stereocenters. The number of esters is 1. The Labute approximate surface area is 219 Å². The summed E-state index contributed by atoms with van der Waals surface area (Å²) in [6, 6.07) is 7.64. The lowest BCUT2D eigenvalue weighted by Gasteiger charge is -2.32. The molecule has 1 aromatic carbocycles. The van der Waals surface area contributed by atoms with Crippen molar-refractivity contribution in [3.63, 3.8) is 0 Å². The standard InChI is InChI=1S/C27H41NO9/c1-9-15-33-21-17-32-16-20(23(29)34-18(2)22(21)35-19-13-11-10-12-14-19)28(24(30)36-26(3,4)5)25(31)37-27(6,7)8/h10-14,18,20-22H,9,15-17H2,1-8H3. The molecule has 1 aliphatic heterocycles. The number of cyclic esters (lactones) is 1. The van der Waals surface area contributed by atoms with Crippen LogP contribution in [-0.4, -0.2) is 78.4 Å². The Balaban J connectivity index is 2.38. The van der Waals surface area contributed by atoms with Crippen LogP contribution in [-0.2, 0) is 28.5 Å². The van der Waals surface area contributed by atoms with Crippen LogP contribution in [0, 0.1) is 0 Å². The van der Waals surface area contributed by atoms with Gasteiger partial charge in [-0.15, -0.1) is 0 Å². The Morgan fingerprint density at radius 3 is 2.05 bits per heavy atom. The number of carbonyl (C=O) groups is 3. The normalized spacial score (nSPS) is 23.1. The van der Waals surface area contributed by atoms with Crippen molar-refractivity contribution in [3.05, 3.63) is 30.3 Å². The Hall–Kier alpha value is -2.85. The maximum Gasteiger partial charge on any atom is 0.420 e. The second kappa shape index (κ2) is 13.1. The van der Waals surface area contributed by atoms with E-state index in [1.807, 2.05) is 25.1 Å². The number of amides is 2. The summed E-state index contributed by atoms with van der Waals surface area (Å²) in [5, 5.41) is 0. The molecule has 0 spiro atoms. The zero-order valence-corrected chi connectivity index (χ0v) is 23.1. The van der Waals surface area contributed by atoms with Crippen molar-refractivity contribution >= 4 is 18.2 Å². The molecule has 1 heterocycles. The number of rotatable bonds is 6. The molecule has 0 aliphatic carbocycles. The van der Waals surface area contributed by atoms with Gasteiger partial charge in [0.05, 0.1) is 13.2 Å². The highest BCUT2D eigenvalue weighted by atomic mass is 16.6. The van der Waals surface area contributed by atoms with E-state index in [0.717, 1.165) is 6.42 Å². The first-order valence-corrected chi connectivity index (χ1v) is 12.6. The van der Waals surface area contributed by atoms with Crippen LogP contribution in [0.25, 0.3) is 0 Å². The van der Waals surface area contributed by atoms with Crippen LogP contribution in [0.4, 0.5) is 9.59 Å². The van der Waals surface area contributed by atoms with E-state index in [1.54, 1.807) is 60.6 Å². The van der Waals surface area contributed by atoms with Gasteiger partial charge in [-0.25, -0.2) is 14.4 Å². The molecule has 0 aromatic heterocycles. The minimum Gasteiger partial charge on any atom is -0.484 e. The van der Waals surface area contributed by atoms with Crippen molar-refractivity contribution in [3.8, 4) is 5.75 Å². The van der Waals surface area contributed by atoms with Crippen molar-refractivity contribution in [2.75, 3.05) is 19.8 Å². The summed E-state index contributed by atoms with van der Waals surface area (Å²) in [5.41, 5.74) is -1.86. The molecule has 0 N–H and O–H groups in total. The van der Waals surface area contributed by atoms with E-state index in [2.05, 4.69) is 0 Å². The summed E-state index contributed by atoms with van der Waals surface area (Å²) in [6.07, 6.45) is -3.44. The van der Waals surface area contributed by atoms with Crippen LogP contribution in [0.1, 0.15) is 61.8 Å². The summed E-state index contributed by atoms with van der Waals surface area (Å²) in [6.45, 7) is 13.7. The fraction of sp³-hybridized carbons (Fsp3) is 0.667. The molecule has 0 radical (unpaired) electrons. The molecular formula is C27H41NO9. The first-order valence-electron chi connectivity index (χ1n) is 12.6. The van der Waals surface area contributed by atoms with Gasteiger partial charge in [0.2, 0.25) is 0 Å². The van der Waals surface area contributed by atoms with E-state index < -0.39 is 53.7 Å². The topological polar surface area (TPSA) is 110 Å². The van der Waals surface area contributed by atoms with Gasteiger partial charge >= 0.3 is 18.2 Å². The summed E-state index contributed by atoms with van der Waals surface area (Å²) < 4.78 is 34.6. The van der Waals surface area contributed by atoms with Gasteiger partial charge in [-0.2, -0.15) is 4.90 Å². The number of imide groups is 1. The van der Waals surface area contributed by atoms with Gasteiger partial charge in [0, 0.05) is 6.61 Å². The number of ether oxygens (including phenoxy) is 6. The summed E-state index contributed by atoms with van der Waals surface area (Å²) in [5.74, 6) is -0.289. The van der Waals surface area contributed by atoms with E-state index in [4.69, 9.17) is 28.4 Å². The molecule has 37 heavy (non-hydrogen) atoms. The van der Waals surface area contributed by atoms with Gasteiger partial charge in [-0.05, 0) is 67.0 Å². The maximum atomic E-state index is 13.4. The van der Waals surface area contributed by atoms with E-state index >= 15 is 0 Å². The summed E-state index contributed by atoms with van der Waals surface area (Å²) in [7, 11) is 0. The van der Waals surface area contributed by atoms with Crippen molar-refractivity contribution in [2.45, 2.75) is 97.4 Å². The van der Waals surface area contributed by atoms with Gasteiger partial charge in [0.15, 0.2) is 12.1 Å². The largest absolute Gasteiger partial charge is 0.484 e. The predicted octanol–water partition coefficient (Wildman–Crippen LogP) is 4.73. The lowest BCUT2D eigenvalue weighted by molar-refractivity contribution is -0.162. The lowest BCUT2D eigenvalue weighted by Crippen LogP contribution is -2.54. The van der Waals surface area contributed by atoms with Crippen LogP contribution in [0.15, 0.2) is 30.3 Å². The number of carbonyl (C=O) groups excluding carboxylic acids is 3. The van der Waals surface area contributed by atoms with Crippen LogP contribution < -0.4 is 4.74 Å². The quantitative estimate of drug-likeness (QED) is 0.386. The number of para-hydroxylation sites is 1. The predicted molar refractivity (Wildman–Crippen MR) is 135 cm³/mol. The third-order valence-corrected chi connectivity index (χ3v) is 5.00. The highest BCUT2D eigenvalue weighted by Crippen LogP contribution is 2.23. The van der Waals surface area contributed by atoms with Crippen LogP contribution in [0.3, 0.4) is 0 Å². The minimum atomic E-state index is -1.45. The Morgan fingerprint density at radius 2 is 1.54 bits per heavy atom. The Morgan fingerprint density at radius 1 is 0.973 bits per heavy atom. The molecule has 4 unspecified atom stereocenters. The van der Waals surface area contributed by atoms with Crippen molar-refractivity contribution < 1.29 is 42.8 Å². The number of hydrogen-bond donors (Lipinski definition) is 0. The molecule has 2 rings (SSSR count). The van der Waals surface area contributed by atoms with Gasteiger partial charge in [-0.3, -0.25) is 0 Å². The van der Waals surface area contributed by atoms with Gasteiger partial charge < -0.3 is 28.4 Å². The van der Waals surface area contributed by atoms with Crippen LogP contribution >= 0.6 is 0 Å². The number of nitrogens with zero attached hydrogens (tertiary/aromatic N) is 1. The highest BCUT2D eigenvalue weighted by molar-refractivity contribution is 5.94. The van der Waals surface area contributed by atoms with E-state index in [0.29, 0.717) is 17.3 Å². The lowest BCUT2D eigenvalue weighted by atomic mass is 10.1. The Bertz CT molecular complexity index is 863. The average Bonchev–Trinajstić information content (AvgIpc) is 2.81. The minimum absolute atomic E-state index is 0.0332. The van der Waals surface area contributed by atoms with Crippen molar-refractivity contribution in [1.29, 1.82) is 0 Å². The van der Waals surface area contributed by atoms with Crippen molar-refractivity contribution in [1.82, 2.24) is 4.90 Å². The molecule has 1 fully saturated rings. The molecule has 1 aliphatic rings. The van der Waals surface area contributed by atoms with E-state index in [1.165, 1.54) is 0 Å². The molecule has 1 saturated heterocycles.